The molecule has 132 valence electrons. The molecular formula is C18H28N4OS. The maximum absolute atomic E-state index is 12.5. The number of hydrogen-bond donors (Lipinski definition) is 1. The fraction of sp³-hybridized carbons (Fsp3) is 0.667. The Kier molecular flexibility index (Phi) is 5.54. The van der Waals surface area contributed by atoms with Crippen molar-refractivity contribution in [3.8, 4) is 0 Å². The van der Waals surface area contributed by atoms with Crippen molar-refractivity contribution in [2.24, 2.45) is 0 Å². The molecule has 0 aromatic carbocycles. The van der Waals surface area contributed by atoms with Crippen LogP contribution in [0, 0.1) is 6.92 Å². The molecule has 0 spiro atoms. The topological polar surface area (TPSA) is 48.5 Å². The van der Waals surface area contributed by atoms with Gasteiger partial charge in [-0.05, 0) is 31.9 Å². The number of aryl methyl sites for hydroxylation is 1. The molecule has 3 rings (SSSR count). The number of pyridine rings is 1. The van der Waals surface area contributed by atoms with Crippen molar-refractivity contribution in [1.29, 1.82) is 0 Å². The van der Waals surface area contributed by atoms with E-state index in [9.17, 15) is 4.79 Å². The molecule has 2 aliphatic rings. The lowest BCUT2D eigenvalue weighted by Crippen LogP contribution is -2.53. The van der Waals surface area contributed by atoms with Crippen molar-refractivity contribution in [1.82, 2.24) is 15.2 Å². The zero-order chi connectivity index (χ0) is 17.1. The highest BCUT2D eigenvalue weighted by molar-refractivity contribution is 8.00. The van der Waals surface area contributed by atoms with Gasteiger partial charge in [0.2, 0.25) is 0 Å². The van der Waals surface area contributed by atoms with Gasteiger partial charge in [0, 0.05) is 48.4 Å². The lowest BCUT2D eigenvalue weighted by atomic mass is 10.1. The largest absolute Gasteiger partial charge is 0.356 e. The Hall–Kier alpha value is -1.43. The molecule has 24 heavy (non-hydrogen) atoms. The molecule has 2 saturated heterocycles. The Morgan fingerprint density at radius 3 is 2.50 bits per heavy atom. The molecule has 1 aromatic heterocycles. The van der Waals surface area contributed by atoms with Crippen molar-refractivity contribution in [2.75, 3.05) is 31.1 Å². The van der Waals surface area contributed by atoms with Gasteiger partial charge in [-0.25, -0.2) is 9.78 Å². The van der Waals surface area contributed by atoms with Gasteiger partial charge < -0.3 is 15.1 Å². The van der Waals surface area contributed by atoms with E-state index in [0.29, 0.717) is 10.5 Å². The summed E-state index contributed by atoms with van der Waals surface area (Å²) in [5.41, 5.74) is 1.05. The number of nitrogens with one attached hydrogen (secondary N) is 1. The second kappa shape index (κ2) is 7.64. The van der Waals surface area contributed by atoms with Crippen LogP contribution >= 0.6 is 11.8 Å². The molecule has 0 saturated carbocycles. The standard InChI is InChI=1S/C18H28N4OS/c1-13-5-4-6-17(19-13)21-9-7-16(8-10-21)20-18(23)22-11-14(2)24-15(3)12-22/h4-6,14-16H,7-12H2,1-3H3,(H,20,23)/t14-,15-/m0/s1. The van der Waals surface area contributed by atoms with Crippen LogP contribution in [0.15, 0.2) is 18.2 Å². The highest BCUT2D eigenvalue weighted by atomic mass is 32.2. The van der Waals surface area contributed by atoms with Crippen LogP contribution in [-0.4, -0.2) is 58.6 Å². The fourth-order valence-electron chi connectivity index (χ4n) is 3.57. The lowest BCUT2D eigenvalue weighted by Gasteiger charge is -2.37. The number of thioether (sulfide) groups is 1. The molecule has 0 unspecified atom stereocenters. The third kappa shape index (κ3) is 4.35. The van der Waals surface area contributed by atoms with Crippen LogP contribution in [0.2, 0.25) is 0 Å². The maximum atomic E-state index is 12.5. The van der Waals surface area contributed by atoms with Gasteiger partial charge in [-0.15, -0.1) is 0 Å². The van der Waals surface area contributed by atoms with Crippen molar-refractivity contribution in [2.45, 2.75) is 50.2 Å². The van der Waals surface area contributed by atoms with Crippen LogP contribution < -0.4 is 10.2 Å². The van der Waals surface area contributed by atoms with Gasteiger partial charge in [-0.3, -0.25) is 0 Å². The average molecular weight is 349 g/mol. The number of piperidine rings is 1. The number of carbonyl (C=O) groups excluding carboxylic acids is 1. The van der Waals surface area contributed by atoms with Gasteiger partial charge in [0.15, 0.2) is 0 Å². The molecule has 2 aliphatic heterocycles. The summed E-state index contributed by atoms with van der Waals surface area (Å²) < 4.78 is 0. The summed E-state index contributed by atoms with van der Waals surface area (Å²) in [5, 5.41) is 4.29. The van der Waals surface area contributed by atoms with E-state index in [0.717, 1.165) is 50.5 Å². The highest BCUT2D eigenvalue weighted by Gasteiger charge is 2.28. The Morgan fingerprint density at radius 2 is 1.88 bits per heavy atom. The zero-order valence-corrected chi connectivity index (χ0v) is 15.7. The third-order valence-corrected chi connectivity index (χ3v) is 5.95. The Morgan fingerprint density at radius 1 is 1.21 bits per heavy atom. The molecule has 6 heteroatoms. The number of anilines is 1. The van der Waals surface area contributed by atoms with Gasteiger partial charge in [0.1, 0.15) is 5.82 Å². The number of rotatable bonds is 2. The Bertz CT molecular complexity index is 564. The molecule has 0 radical (unpaired) electrons. The van der Waals surface area contributed by atoms with Crippen LogP contribution in [0.5, 0.6) is 0 Å². The molecule has 2 atom stereocenters. The molecule has 5 nitrogen and oxygen atoms in total. The van der Waals surface area contributed by atoms with Crippen molar-refractivity contribution in [3.05, 3.63) is 23.9 Å². The summed E-state index contributed by atoms with van der Waals surface area (Å²) in [6, 6.07) is 6.54. The number of nitrogens with zero attached hydrogens (tertiary/aromatic N) is 3. The Labute approximate surface area is 149 Å². The van der Waals surface area contributed by atoms with Crippen LogP contribution in [0.1, 0.15) is 32.4 Å². The van der Waals surface area contributed by atoms with Gasteiger partial charge in [0.05, 0.1) is 0 Å². The average Bonchev–Trinajstić information content (AvgIpc) is 2.54. The summed E-state index contributed by atoms with van der Waals surface area (Å²) >= 11 is 1.97. The number of hydrogen-bond acceptors (Lipinski definition) is 4. The third-order valence-electron chi connectivity index (χ3n) is 4.73. The predicted molar refractivity (Wildman–Crippen MR) is 101 cm³/mol. The first-order chi connectivity index (χ1) is 11.5. The number of carbonyl (C=O) groups is 1. The summed E-state index contributed by atoms with van der Waals surface area (Å²) in [6.45, 7) is 10.0. The normalized spacial score (nSPS) is 25.6. The quantitative estimate of drug-likeness (QED) is 0.893. The van der Waals surface area contributed by atoms with E-state index in [1.54, 1.807) is 0 Å². The smallest absolute Gasteiger partial charge is 0.317 e. The first-order valence-corrected chi connectivity index (χ1v) is 9.85. The second-order valence-corrected chi connectivity index (χ2v) is 8.89. The minimum atomic E-state index is 0.112. The number of urea groups is 1. The SMILES string of the molecule is Cc1cccc(N2CCC(NC(=O)N3C[C@H](C)S[C@@H](C)C3)CC2)n1. The second-order valence-electron chi connectivity index (χ2n) is 7.01. The molecule has 2 amide bonds. The minimum absolute atomic E-state index is 0.112. The van der Waals surface area contributed by atoms with Crippen LogP contribution in [-0.2, 0) is 0 Å². The molecule has 2 fully saturated rings. The van der Waals surface area contributed by atoms with E-state index in [-0.39, 0.29) is 12.1 Å². The number of amides is 2. The van der Waals surface area contributed by atoms with Crippen LogP contribution in [0.25, 0.3) is 0 Å². The van der Waals surface area contributed by atoms with Crippen molar-refractivity contribution < 1.29 is 4.79 Å². The summed E-state index contributed by atoms with van der Waals surface area (Å²) in [6.07, 6.45) is 1.96. The van der Waals surface area contributed by atoms with Gasteiger partial charge in [-0.2, -0.15) is 11.8 Å². The summed E-state index contributed by atoms with van der Waals surface area (Å²) in [4.78, 5) is 21.4. The fourth-order valence-corrected chi connectivity index (χ4v) is 4.89. The minimum Gasteiger partial charge on any atom is -0.356 e. The van der Waals surface area contributed by atoms with Crippen LogP contribution in [0.4, 0.5) is 10.6 Å². The molecule has 1 aromatic rings. The first kappa shape index (κ1) is 17.4. The van der Waals surface area contributed by atoms with Crippen molar-refractivity contribution >= 4 is 23.6 Å². The lowest BCUT2D eigenvalue weighted by molar-refractivity contribution is 0.190. The molecule has 0 aliphatic carbocycles. The van der Waals surface area contributed by atoms with Crippen LogP contribution in [0.3, 0.4) is 0 Å². The maximum Gasteiger partial charge on any atom is 0.317 e. The van der Waals surface area contributed by atoms with E-state index in [1.165, 1.54) is 0 Å². The molecule has 1 N–H and O–H groups in total. The monoisotopic (exact) mass is 348 g/mol. The molecule has 0 bridgehead atoms. The molecule has 3 heterocycles. The van der Waals surface area contributed by atoms with E-state index in [1.807, 2.05) is 29.7 Å². The van der Waals surface area contributed by atoms with E-state index in [4.69, 9.17) is 0 Å². The molecular weight excluding hydrogens is 320 g/mol. The van der Waals surface area contributed by atoms with Gasteiger partial charge in [0.25, 0.3) is 0 Å². The van der Waals surface area contributed by atoms with Gasteiger partial charge in [-0.1, -0.05) is 19.9 Å². The summed E-state index contributed by atoms with van der Waals surface area (Å²) in [7, 11) is 0. The first-order valence-electron chi connectivity index (χ1n) is 8.91. The van der Waals surface area contributed by atoms with E-state index >= 15 is 0 Å². The highest BCUT2D eigenvalue weighted by Crippen LogP contribution is 2.25. The van der Waals surface area contributed by atoms with Gasteiger partial charge >= 0.3 is 6.03 Å². The Balaban J connectivity index is 1.49. The predicted octanol–water partition coefficient (Wildman–Crippen LogP) is 2.89. The van der Waals surface area contributed by atoms with E-state index < -0.39 is 0 Å². The zero-order valence-electron chi connectivity index (χ0n) is 14.9. The summed E-state index contributed by atoms with van der Waals surface area (Å²) in [5.74, 6) is 1.05. The van der Waals surface area contributed by atoms with Crippen molar-refractivity contribution in [3.63, 3.8) is 0 Å². The van der Waals surface area contributed by atoms with E-state index in [2.05, 4.69) is 41.2 Å². The number of aromatic nitrogens is 1.